The fourth-order valence-electron chi connectivity index (χ4n) is 3.97. The minimum absolute atomic E-state index is 0.0341. The van der Waals surface area contributed by atoms with Crippen molar-refractivity contribution in [1.29, 1.82) is 0 Å². The Kier molecular flexibility index (Phi) is 5.06. The zero-order chi connectivity index (χ0) is 22.9. The molecule has 0 radical (unpaired) electrons. The molecule has 5 rings (SSSR count). The summed E-state index contributed by atoms with van der Waals surface area (Å²) in [5.41, 5.74) is 2.27. The average Bonchev–Trinajstić information content (AvgIpc) is 2.85. The molecule has 1 heterocycles. The van der Waals surface area contributed by atoms with E-state index in [0.29, 0.717) is 18.8 Å². The van der Waals surface area contributed by atoms with E-state index >= 15 is 0 Å². The van der Waals surface area contributed by atoms with Gasteiger partial charge in [0.05, 0.1) is 17.8 Å². The van der Waals surface area contributed by atoms with Gasteiger partial charge in [-0.1, -0.05) is 36.4 Å². The molecule has 0 spiro atoms. The van der Waals surface area contributed by atoms with Crippen LogP contribution in [0, 0.1) is 0 Å². The maximum atomic E-state index is 12.8. The molecule has 3 N–H and O–H groups in total. The number of aromatic carboxylic acids is 1. The van der Waals surface area contributed by atoms with E-state index in [1.54, 1.807) is 18.2 Å². The van der Waals surface area contributed by atoms with Gasteiger partial charge in [-0.25, -0.2) is 4.79 Å². The normalized spacial score (nSPS) is 12.7. The SMILES string of the molecule is O=C(O)c1ccc(O)c(NC(=O)c2cccc(N3COc4ccc5ccccc5c4C3)c2)c1. The van der Waals surface area contributed by atoms with Gasteiger partial charge in [-0.15, -0.1) is 0 Å². The van der Waals surface area contributed by atoms with Gasteiger partial charge in [0.15, 0.2) is 6.73 Å². The van der Waals surface area contributed by atoms with Crippen LogP contribution in [0.1, 0.15) is 26.3 Å². The van der Waals surface area contributed by atoms with Gasteiger partial charge < -0.3 is 25.2 Å². The van der Waals surface area contributed by atoms with Crippen LogP contribution in [0.4, 0.5) is 11.4 Å². The molecule has 0 bridgehead atoms. The number of benzene rings is 4. The number of hydrogen-bond acceptors (Lipinski definition) is 5. The maximum Gasteiger partial charge on any atom is 0.335 e. The second-order valence-electron chi connectivity index (χ2n) is 7.78. The molecule has 1 aliphatic rings. The Labute approximate surface area is 189 Å². The lowest BCUT2D eigenvalue weighted by molar-refractivity contribution is 0.0696. The highest BCUT2D eigenvalue weighted by molar-refractivity contribution is 6.06. The Bertz CT molecular complexity index is 1400. The second kappa shape index (κ2) is 8.20. The lowest BCUT2D eigenvalue weighted by Crippen LogP contribution is -2.32. The molecule has 7 nitrogen and oxygen atoms in total. The molecule has 0 saturated carbocycles. The topological polar surface area (TPSA) is 99.1 Å². The summed E-state index contributed by atoms with van der Waals surface area (Å²) in [6, 6.07) is 23.0. The first-order valence-electron chi connectivity index (χ1n) is 10.4. The molecule has 4 aromatic carbocycles. The lowest BCUT2D eigenvalue weighted by atomic mass is 10.0. The number of phenolic OH excluding ortho intramolecular Hbond substituents is 1. The van der Waals surface area contributed by atoms with E-state index < -0.39 is 11.9 Å². The van der Waals surface area contributed by atoms with Crippen LogP contribution in [-0.2, 0) is 6.54 Å². The number of ether oxygens (including phenoxy) is 1. The van der Waals surface area contributed by atoms with Gasteiger partial charge >= 0.3 is 5.97 Å². The Morgan fingerprint density at radius 3 is 2.61 bits per heavy atom. The van der Waals surface area contributed by atoms with Crippen LogP contribution in [0.5, 0.6) is 11.5 Å². The first-order chi connectivity index (χ1) is 16.0. The summed E-state index contributed by atoms with van der Waals surface area (Å²) in [7, 11) is 0. The highest BCUT2D eigenvalue weighted by atomic mass is 16.5. The van der Waals surface area contributed by atoms with Crippen molar-refractivity contribution in [2.75, 3.05) is 16.9 Å². The fraction of sp³-hybridized carbons (Fsp3) is 0.0769. The number of anilines is 2. The molecule has 0 aliphatic carbocycles. The Morgan fingerprint density at radius 2 is 1.76 bits per heavy atom. The fourth-order valence-corrected chi connectivity index (χ4v) is 3.97. The molecule has 0 aromatic heterocycles. The number of amides is 1. The molecule has 1 amide bonds. The van der Waals surface area contributed by atoms with Crippen molar-refractivity contribution in [3.8, 4) is 11.5 Å². The van der Waals surface area contributed by atoms with Gasteiger partial charge in [0.1, 0.15) is 11.5 Å². The van der Waals surface area contributed by atoms with E-state index in [1.807, 2.05) is 35.2 Å². The summed E-state index contributed by atoms with van der Waals surface area (Å²) in [5.74, 6) is -0.964. The van der Waals surface area contributed by atoms with Crippen molar-refractivity contribution in [2.24, 2.45) is 0 Å². The van der Waals surface area contributed by atoms with Crippen molar-refractivity contribution in [2.45, 2.75) is 6.54 Å². The summed E-state index contributed by atoms with van der Waals surface area (Å²) in [6.45, 7) is 0.973. The summed E-state index contributed by atoms with van der Waals surface area (Å²) in [5, 5.41) is 24.0. The first kappa shape index (κ1) is 20.4. The molecule has 33 heavy (non-hydrogen) atoms. The van der Waals surface area contributed by atoms with Crippen molar-refractivity contribution < 1.29 is 24.5 Å². The zero-order valence-corrected chi connectivity index (χ0v) is 17.5. The molecule has 1 aliphatic heterocycles. The van der Waals surface area contributed by atoms with E-state index in [2.05, 4.69) is 17.4 Å². The predicted molar refractivity (Wildman–Crippen MR) is 125 cm³/mol. The number of carboxylic acids is 1. The third kappa shape index (κ3) is 3.92. The zero-order valence-electron chi connectivity index (χ0n) is 17.5. The summed E-state index contributed by atoms with van der Waals surface area (Å²) in [4.78, 5) is 26.1. The monoisotopic (exact) mass is 440 g/mol. The number of aromatic hydroxyl groups is 1. The van der Waals surface area contributed by atoms with Crippen LogP contribution in [0.15, 0.2) is 78.9 Å². The largest absolute Gasteiger partial charge is 0.506 e. The predicted octanol–water partition coefficient (Wildman–Crippen LogP) is 4.85. The Morgan fingerprint density at radius 1 is 0.909 bits per heavy atom. The molecule has 4 aromatic rings. The van der Waals surface area contributed by atoms with Crippen molar-refractivity contribution in [3.05, 3.63) is 95.6 Å². The van der Waals surface area contributed by atoms with E-state index in [4.69, 9.17) is 9.84 Å². The molecule has 0 atom stereocenters. The minimum Gasteiger partial charge on any atom is -0.506 e. The Balaban J connectivity index is 1.40. The lowest BCUT2D eigenvalue weighted by Gasteiger charge is -2.31. The second-order valence-corrected chi connectivity index (χ2v) is 7.78. The van der Waals surface area contributed by atoms with Crippen molar-refractivity contribution in [1.82, 2.24) is 0 Å². The van der Waals surface area contributed by atoms with Gasteiger partial charge in [-0.3, -0.25) is 4.79 Å². The minimum atomic E-state index is -1.15. The van der Waals surface area contributed by atoms with Crippen LogP contribution < -0.4 is 15.0 Å². The number of phenols is 1. The number of nitrogens with zero attached hydrogens (tertiary/aromatic N) is 1. The van der Waals surface area contributed by atoms with Gasteiger partial charge in [-0.05, 0) is 53.2 Å². The van der Waals surface area contributed by atoms with Crippen LogP contribution in [0.3, 0.4) is 0 Å². The third-order valence-electron chi connectivity index (χ3n) is 5.69. The van der Waals surface area contributed by atoms with Gasteiger partial charge in [-0.2, -0.15) is 0 Å². The van der Waals surface area contributed by atoms with Crippen LogP contribution in [-0.4, -0.2) is 28.8 Å². The summed E-state index contributed by atoms with van der Waals surface area (Å²) < 4.78 is 5.98. The van der Waals surface area contributed by atoms with E-state index in [9.17, 15) is 14.7 Å². The number of carboxylic acid groups (broad SMARTS) is 1. The number of fused-ring (bicyclic) bond motifs is 3. The Hall–Kier alpha value is -4.52. The molecule has 7 heteroatoms. The molecule has 0 saturated heterocycles. The van der Waals surface area contributed by atoms with Gasteiger partial charge in [0.25, 0.3) is 5.91 Å². The maximum absolute atomic E-state index is 12.8. The average molecular weight is 440 g/mol. The summed E-state index contributed by atoms with van der Waals surface area (Å²) >= 11 is 0. The van der Waals surface area contributed by atoms with E-state index in [-0.39, 0.29) is 17.0 Å². The quantitative estimate of drug-likeness (QED) is 0.392. The van der Waals surface area contributed by atoms with Crippen molar-refractivity contribution >= 4 is 34.0 Å². The van der Waals surface area contributed by atoms with Crippen LogP contribution >= 0.6 is 0 Å². The number of carbonyl (C=O) groups excluding carboxylic acids is 1. The van der Waals surface area contributed by atoms with E-state index in [1.165, 1.54) is 18.2 Å². The van der Waals surface area contributed by atoms with Gasteiger partial charge in [0.2, 0.25) is 0 Å². The van der Waals surface area contributed by atoms with Crippen LogP contribution in [0.25, 0.3) is 10.8 Å². The molecule has 0 unspecified atom stereocenters. The number of rotatable bonds is 4. The first-order valence-corrected chi connectivity index (χ1v) is 10.4. The van der Waals surface area contributed by atoms with Gasteiger partial charge in [0, 0.05) is 16.8 Å². The highest BCUT2D eigenvalue weighted by Gasteiger charge is 2.21. The van der Waals surface area contributed by atoms with Crippen molar-refractivity contribution in [3.63, 3.8) is 0 Å². The molecular weight excluding hydrogens is 420 g/mol. The molecule has 0 fully saturated rings. The highest BCUT2D eigenvalue weighted by Crippen LogP contribution is 2.34. The van der Waals surface area contributed by atoms with Crippen LogP contribution in [0.2, 0.25) is 0 Å². The van der Waals surface area contributed by atoms with E-state index in [0.717, 1.165) is 27.8 Å². The third-order valence-corrected chi connectivity index (χ3v) is 5.69. The number of hydrogen-bond donors (Lipinski definition) is 3. The number of nitrogens with one attached hydrogen (secondary N) is 1. The molecule has 164 valence electrons. The smallest absolute Gasteiger partial charge is 0.335 e. The standard InChI is InChI=1S/C26H20N2O5/c29-23-10-8-18(26(31)32)13-22(23)27-25(30)17-5-3-6-19(12-17)28-14-21-20-7-2-1-4-16(20)9-11-24(21)33-15-28/h1-13,29H,14-15H2,(H,27,30)(H,31,32). The molecular formula is C26H20N2O5. The summed E-state index contributed by atoms with van der Waals surface area (Å²) in [6.07, 6.45) is 0. The number of carbonyl (C=O) groups is 2.